The van der Waals surface area contributed by atoms with Crippen molar-refractivity contribution in [1.29, 1.82) is 0 Å². The smallest absolute Gasteiger partial charge is 0.335 e. The molecule has 1 heterocycles. The lowest BCUT2D eigenvalue weighted by Crippen LogP contribution is -2.02. The number of aromatic nitrogens is 1. The Morgan fingerprint density at radius 1 is 1.18 bits per heavy atom. The van der Waals surface area contributed by atoms with Crippen LogP contribution in [0.1, 0.15) is 15.9 Å². The summed E-state index contributed by atoms with van der Waals surface area (Å²) in [7, 11) is 0. The van der Waals surface area contributed by atoms with Gasteiger partial charge in [0, 0.05) is 12.7 Å². The van der Waals surface area contributed by atoms with E-state index < -0.39 is 5.97 Å². The molecule has 1 aromatic carbocycles. The molecule has 4 nitrogen and oxygen atoms in total. The van der Waals surface area contributed by atoms with Gasteiger partial charge in [-0.15, -0.1) is 0 Å². The van der Waals surface area contributed by atoms with Crippen molar-refractivity contribution in [3.8, 4) is 0 Å². The van der Waals surface area contributed by atoms with E-state index in [2.05, 4.69) is 10.3 Å². The Labute approximate surface area is 98.9 Å². The van der Waals surface area contributed by atoms with E-state index in [0.29, 0.717) is 12.1 Å². The molecule has 4 heteroatoms. The van der Waals surface area contributed by atoms with Crippen molar-refractivity contribution in [1.82, 2.24) is 4.98 Å². The number of rotatable bonds is 4. The Balaban J connectivity index is 1.98. The summed E-state index contributed by atoms with van der Waals surface area (Å²) in [6.45, 7) is 0.622. The van der Waals surface area contributed by atoms with Crippen LogP contribution in [0.4, 0.5) is 5.82 Å². The Morgan fingerprint density at radius 3 is 2.53 bits per heavy atom. The highest BCUT2D eigenvalue weighted by atomic mass is 16.4. The van der Waals surface area contributed by atoms with Gasteiger partial charge in [-0.2, -0.15) is 0 Å². The number of hydrogen-bond acceptors (Lipinski definition) is 3. The van der Waals surface area contributed by atoms with E-state index in [9.17, 15) is 4.79 Å². The molecule has 1 aromatic heterocycles. The summed E-state index contributed by atoms with van der Waals surface area (Å²) < 4.78 is 0. The van der Waals surface area contributed by atoms with E-state index in [4.69, 9.17) is 5.11 Å². The molecule has 0 fully saturated rings. The van der Waals surface area contributed by atoms with E-state index in [1.54, 1.807) is 30.5 Å². The van der Waals surface area contributed by atoms with Crippen molar-refractivity contribution < 1.29 is 9.90 Å². The number of carboxylic acids is 1. The highest BCUT2D eigenvalue weighted by molar-refractivity contribution is 5.87. The maximum absolute atomic E-state index is 10.7. The number of carbonyl (C=O) groups is 1. The monoisotopic (exact) mass is 228 g/mol. The summed E-state index contributed by atoms with van der Waals surface area (Å²) in [4.78, 5) is 14.8. The van der Waals surface area contributed by atoms with Gasteiger partial charge in [0.1, 0.15) is 5.82 Å². The number of aromatic carboxylic acids is 1. The van der Waals surface area contributed by atoms with E-state index in [1.165, 1.54) is 0 Å². The van der Waals surface area contributed by atoms with Gasteiger partial charge in [0.15, 0.2) is 0 Å². The fraction of sp³-hybridized carbons (Fsp3) is 0.0769. The lowest BCUT2D eigenvalue weighted by molar-refractivity contribution is 0.0697. The normalized spacial score (nSPS) is 9.88. The SMILES string of the molecule is O=C(O)c1ccc(CNc2ccccn2)cc1. The van der Waals surface area contributed by atoms with Gasteiger partial charge in [-0.25, -0.2) is 9.78 Å². The van der Waals surface area contributed by atoms with Crippen molar-refractivity contribution in [3.05, 3.63) is 59.8 Å². The van der Waals surface area contributed by atoms with Crippen molar-refractivity contribution in [2.24, 2.45) is 0 Å². The third-order valence-corrected chi connectivity index (χ3v) is 2.34. The van der Waals surface area contributed by atoms with Gasteiger partial charge < -0.3 is 10.4 Å². The number of nitrogens with one attached hydrogen (secondary N) is 1. The first-order valence-corrected chi connectivity index (χ1v) is 5.23. The second-order valence-corrected chi connectivity index (χ2v) is 3.57. The molecule has 0 radical (unpaired) electrons. The van der Waals surface area contributed by atoms with E-state index in [0.717, 1.165) is 11.4 Å². The van der Waals surface area contributed by atoms with Gasteiger partial charge in [0.2, 0.25) is 0 Å². The molecule has 0 bridgehead atoms. The summed E-state index contributed by atoms with van der Waals surface area (Å²) >= 11 is 0. The zero-order valence-corrected chi connectivity index (χ0v) is 9.13. The number of carboxylic acid groups (broad SMARTS) is 1. The molecule has 17 heavy (non-hydrogen) atoms. The van der Waals surface area contributed by atoms with E-state index in [1.807, 2.05) is 18.2 Å². The van der Waals surface area contributed by atoms with Crippen molar-refractivity contribution in [3.63, 3.8) is 0 Å². The lowest BCUT2D eigenvalue weighted by Gasteiger charge is -2.05. The quantitative estimate of drug-likeness (QED) is 0.843. The lowest BCUT2D eigenvalue weighted by atomic mass is 10.1. The number of nitrogens with zero attached hydrogens (tertiary/aromatic N) is 1. The second-order valence-electron chi connectivity index (χ2n) is 3.57. The molecule has 0 atom stereocenters. The fourth-order valence-corrected chi connectivity index (χ4v) is 1.43. The van der Waals surface area contributed by atoms with Crippen molar-refractivity contribution in [2.75, 3.05) is 5.32 Å². The fourth-order valence-electron chi connectivity index (χ4n) is 1.43. The molecule has 0 spiro atoms. The molecule has 0 amide bonds. The second kappa shape index (κ2) is 5.12. The first kappa shape index (κ1) is 11.1. The Morgan fingerprint density at radius 2 is 1.94 bits per heavy atom. The molecule has 0 aliphatic heterocycles. The average molecular weight is 228 g/mol. The van der Waals surface area contributed by atoms with Gasteiger partial charge in [-0.3, -0.25) is 0 Å². The van der Waals surface area contributed by atoms with Crippen LogP contribution in [-0.4, -0.2) is 16.1 Å². The van der Waals surface area contributed by atoms with Gasteiger partial charge in [-0.1, -0.05) is 18.2 Å². The zero-order chi connectivity index (χ0) is 12.1. The molecule has 2 N–H and O–H groups in total. The van der Waals surface area contributed by atoms with Crippen LogP contribution in [0.15, 0.2) is 48.7 Å². The highest BCUT2D eigenvalue weighted by Crippen LogP contribution is 2.07. The molecule has 0 saturated heterocycles. The Bertz CT molecular complexity index is 495. The molecule has 2 aromatic rings. The van der Waals surface area contributed by atoms with Crippen LogP contribution in [0.5, 0.6) is 0 Å². The third kappa shape index (κ3) is 3.04. The zero-order valence-electron chi connectivity index (χ0n) is 9.13. The number of pyridine rings is 1. The predicted molar refractivity (Wildman–Crippen MR) is 65.0 cm³/mol. The summed E-state index contributed by atoms with van der Waals surface area (Å²) in [5.41, 5.74) is 1.31. The van der Waals surface area contributed by atoms with Gasteiger partial charge in [0.05, 0.1) is 5.56 Å². The van der Waals surface area contributed by atoms with Gasteiger partial charge in [0.25, 0.3) is 0 Å². The average Bonchev–Trinajstić information content (AvgIpc) is 2.38. The maximum atomic E-state index is 10.7. The molecular formula is C13H12N2O2. The Hall–Kier alpha value is -2.36. The van der Waals surface area contributed by atoms with Crippen LogP contribution in [0.2, 0.25) is 0 Å². The maximum Gasteiger partial charge on any atom is 0.335 e. The van der Waals surface area contributed by atoms with Crippen LogP contribution >= 0.6 is 0 Å². The standard InChI is InChI=1S/C13H12N2O2/c16-13(17)11-6-4-10(5-7-11)9-15-12-3-1-2-8-14-12/h1-8H,9H2,(H,14,15)(H,16,17). The minimum Gasteiger partial charge on any atom is -0.478 e. The Kier molecular flexibility index (Phi) is 3.35. The molecule has 0 saturated carbocycles. The number of hydrogen-bond donors (Lipinski definition) is 2. The first-order chi connectivity index (χ1) is 8.25. The largest absolute Gasteiger partial charge is 0.478 e. The van der Waals surface area contributed by atoms with Crippen LogP contribution in [-0.2, 0) is 6.54 Å². The molecule has 2 rings (SSSR count). The minimum absolute atomic E-state index is 0.298. The minimum atomic E-state index is -0.908. The summed E-state index contributed by atoms with van der Waals surface area (Å²) in [6.07, 6.45) is 1.72. The van der Waals surface area contributed by atoms with Crippen LogP contribution < -0.4 is 5.32 Å². The van der Waals surface area contributed by atoms with Gasteiger partial charge >= 0.3 is 5.97 Å². The van der Waals surface area contributed by atoms with Crippen LogP contribution in [0.3, 0.4) is 0 Å². The van der Waals surface area contributed by atoms with E-state index >= 15 is 0 Å². The van der Waals surface area contributed by atoms with Crippen LogP contribution in [0, 0.1) is 0 Å². The van der Waals surface area contributed by atoms with Crippen molar-refractivity contribution in [2.45, 2.75) is 6.54 Å². The molecular weight excluding hydrogens is 216 g/mol. The topological polar surface area (TPSA) is 62.2 Å². The van der Waals surface area contributed by atoms with Crippen LogP contribution in [0.25, 0.3) is 0 Å². The van der Waals surface area contributed by atoms with Gasteiger partial charge in [-0.05, 0) is 29.8 Å². The summed E-state index contributed by atoms with van der Waals surface area (Å²) in [6, 6.07) is 12.4. The molecule has 0 unspecified atom stereocenters. The number of anilines is 1. The van der Waals surface area contributed by atoms with E-state index in [-0.39, 0.29) is 0 Å². The molecule has 0 aliphatic rings. The molecule has 86 valence electrons. The third-order valence-electron chi connectivity index (χ3n) is 2.34. The highest BCUT2D eigenvalue weighted by Gasteiger charge is 2.01. The van der Waals surface area contributed by atoms with Crippen molar-refractivity contribution >= 4 is 11.8 Å². The number of benzene rings is 1. The molecule has 0 aliphatic carbocycles. The summed E-state index contributed by atoms with van der Waals surface area (Å²) in [5, 5.41) is 11.9. The first-order valence-electron chi connectivity index (χ1n) is 5.23. The predicted octanol–water partition coefficient (Wildman–Crippen LogP) is 2.39. The summed E-state index contributed by atoms with van der Waals surface area (Å²) in [5.74, 6) is -0.107.